The van der Waals surface area contributed by atoms with Crippen LogP contribution in [0.3, 0.4) is 0 Å². The van der Waals surface area contributed by atoms with Gasteiger partial charge < -0.3 is 4.74 Å². The lowest BCUT2D eigenvalue weighted by Crippen LogP contribution is -1.91. The van der Waals surface area contributed by atoms with Gasteiger partial charge in [-0.2, -0.15) is 0 Å². The average molecular weight is 337 g/mol. The van der Waals surface area contributed by atoms with E-state index in [2.05, 4.69) is 15.9 Å². The van der Waals surface area contributed by atoms with E-state index in [-0.39, 0.29) is 5.78 Å². The third kappa shape index (κ3) is 4.04. The minimum absolute atomic E-state index is 0.0181. The second-order valence-corrected chi connectivity index (χ2v) is 5.66. The number of rotatable bonds is 5. The second kappa shape index (κ2) is 6.68. The fourth-order valence-corrected chi connectivity index (χ4v) is 2.89. The molecule has 0 saturated carbocycles. The van der Waals surface area contributed by atoms with Gasteiger partial charge in [0.25, 0.3) is 0 Å². The first-order valence-corrected chi connectivity index (χ1v) is 7.55. The highest BCUT2D eigenvalue weighted by atomic mass is 79.9. The molecule has 1 heterocycles. The molecule has 0 atom stereocenters. The van der Waals surface area contributed by atoms with Crippen LogP contribution in [0.1, 0.15) is 22.2 Å². The molecule has 0 amide bonds. The van der Waals surface area contributed by atoms with Crippen molar-refractivity contribution >= 4 is 39.1 Å². The molecule has 2 nitrogen and oxygen atoms in total. The number of thiophene rings is 1. The van der Waals surface area contributed by atoms with Gasteiger partial charge in [-0.1, -0.05) is 18.2 Å². The van der Waals surface area contributed by atoms with E-state index >= 15 is 0 Å². The number of halogens is 1. The number of carbonyl (C=O) groups excluding carboxylic acids is 1. The maximum atomic E-state index is 11.9. The predicted octanol–water partition coefficient (Wildman–Crippen LogP) is 4.81. The summed E-state index contributed by atoms with van der Waals surface area (Å²) in [5.41, 5.74) is 0.979. The number of ketones is 1. The van der Waals surface area contributed by atoms with Crippen molar-refractivity contribution < 1.29 is 9.53 Å². The molecular weight excluding hydrogens is 324 g/mol. The number of hydrogen-bond donors (Lipinski definition) is 0. The molecule has 0 unspecified atom stereocenters. The van der Waals surface area contributed by atoms with Crippen molar-refractivity contribution in [2.45, 2.75) is 6.92 Å². The molecule has 0 radical (unpaired) electrons. The van der Waals surface area contributed by atoms with Crippen LogP contribution in [-0.4, -0.2) is 12.4 Å². The Balaban J connectivity index is 2.03. The highest BCUT2D eigenvalue weighted by Gasteiger charge is 2.04. The molecule has 0 saturated heterocycles. The summed E-state index contributed by atoms with van der Waals surface area (Å²) in [4.78, 5) is 12.6. The minimum atomic E-state index is 0.0181. The van der Waals surface area contributed by atoms with Crippen LogP contribution in [-0.2, 0) is 0 Å². The van der Waals surface area contributed by atoms with Crippen LogP contribution in [0.4, 0.5) is 0 Å². The lowest BCUT2D eigenvalue weighted by Gasteiger charge is -2.02. The van der Waals surface area contributed by atoms with Crippen LogP contribution in [0.15, 0.2) is 46.3 Å². The van der Waals surface area contributed by atoms with Gasteiger partial charge >= 0.3 is 0 Å². The second-order valence-electron chi connectivity index (χ2n) is 3.83. The Bertz CT molecular complexity index is 584. The summed E-state index contributed by atoms with van der Waals surface area (Å²) in [6.45, 7) is 2.60. The largest absolute Gasteiger partial charge is 0.494 e. The highest BCUT2D eigenvalue weighted by Crippen LogP contribution is 2.21. The molecule has 0 N–H and O–H groups in total. The molecular formula is C15H13BrO2S. The Labute approximate surface area is 124 Å². The van der Waals surface area contributed by atoms with E-state index in [1.165, 1.54) is 11.3 Å². The molecule has 0 aliphatic carbocycles. The van der Waals surface area contributed by atoms with E-state index in [9.17, 15) is 4.79 Å². The first-order chi connectivity index (χ1) is 9.19. The van der Waals surface area contributed by atoms with Crippen molar-refractivity contribution in [2.75, 3.05) is 6.61 Å². The maximum absolute atomic E-state index is 11.9. The van der Waals surface area contributed by atoms with E-state index in [0.29, 0.717) is 6.61 Å². The van der Waals surface area contributed by atoms with Crippen molar-refractivity contribution in [3.8, 4) is 5.75 Å². The topological polar surface area (TPSA) is 26.3 Å². The molecule has 2 aromatic rings. The van der Waals surface area contributed by atoms with Gasteiger partial charge in [0.2, 0.25) is 0 Å². The van der Waals surface area contributed by atoms with Crippen molar-refractivity contribution in [3.05, 3.63) is 56.7 Å². The highest BCUT2D eigenvalue weighted by molar-refractivity contribution is 9.10. The van der Waals surface area contributed by atoms with Gasteiger partial charge in [-0.05, 0) is 52.7 Å². The molecule has 0 fully saturated rings. The van der Waals surface area contributed by atoms with E-state index in [1.807, 2.05) is 48.7 Å². The quantitative estimate of drug-likeness (QED) is 0.578. The van der Waals surface area contributed by atoms with Crippen LogP contribution in [0.25, 0.3) is 6.08 Å². The number of allylic oxidation sites excluding steroid dienone is 1. The molecule has 0 spiro atoms. The van der Waals surface area contributed by atoms with Gasteiger partial charge in [-0.25, -0.2) is 0 Å². The Kier molecular flexibility index (Phi) is 4.93. The standard InChI is InChI=1S/C15H13BrO2S/c1-2-18-13-6-3-11(4-7-13)5-8-14(17)15-9-12(16)10-19-15/h3-10H,2H2,1H3/b8-5+. The van der Waals surface area contributed by atoms with Crippen LogP contribution in [0, 0.1) is 0 Å². The summed E-state index contributed by atoms with van der Waals surface area (Å²) in [5.74, 6) is 0.859. The minimum Gasteiger partial charge on any atom is -0.494 e. The van der Waals surface area contributed by atoms with Gasteiger partial charge in [-0.15, -0.1) is 11.3 Å². The zero-order valence-corrected chi connectivity index (χ0v) is 12.8. The third-order valence-corrected chi connectivity index (χ3v) is 4.13. The van der Waals surface area contributed by atoms with Crippen molar-refractivity contribution in [2.24, 2.45) is 0 Å². The first-order valence-electron chi connectivity index (χ1n) is 5.88. The molecule has 0 bridgehead atoms. The number of carbonyl (C=O) groups is 1. The predicted molar refractivity (Wildman–Crippen MR) is 83.0 cm³/mol. The Hall–Kier alpha value is -1.39. The maximum Gasteiger partial charge on any atom is 0.195 e. The summed E-state index contributed by atoms with van der Waals surface area (Å²) >= 11 is 4.77. The normalized spacial score (nSPS) is 10.8. The summed E-state index contributed by atoms with van der Waals surface area (Å²) in [6.07, 6.45) is 3.40. The smallest absolute Gasteiger partial charge is 0.195 e. The zero-order valence-electron chi connectivity index (χ0n) is 10.4. The molecule has 98 valence electrons. The molecule has 19 heavy (non-hydrogen) atoms. The van der Waals surface area contributed by atoms with Crippen molar-refractivity contribution in [1.29, 1.82) is 0 Å². The molecule has 4 heteroatoms. The van der Waals surface area contributed by atoms with E-state index in [0.717, 1.165) is 20.7 Å². The number of benzene rings is 1. The zero-order chi connectivity index (χ0) is 13.7. The van der Waals surface area contributed by atoms with E-state index < -0.39 is 0 Å². The Morgan fingerprint density at radius 2 is 2.11 bits per heavy atom. The third-order valence-electron chi connectivity index (χ3n) is 2.43. The van der Waals surface area contributed by atoms with Gasteiger partial charge in [0.15, 0.2) is 5.78 Å². The Morgan fingerprint density at radius 3 is 2.68 bits per heavy atom. The lowest BCUT2D eigenvalue weighted by atomic mass is 10.2. The summed E-state index contributed by atoms with van der Waals surface area (Å²) in [7, 11) is 0. The van der Waals surface area contributed by atoms with E-state index in [1.54, 1.807) is 6.08 Å². The van der Waals surface area contributed by atoms with Crippen molar-refractivity contribution in [3.63, 3.8) is 0 Å². The van der Waals surface area contributed by atoms with Crippen LogP contribution in [0.5, 0.6) is 5.75 Å². The molecule has 0 aliphatic heterocycles. The lowest BCUT2D eigenvalue weighted by molar-refractivity contribution is 0.105. The van der Waals surface area contributed by atoms with Gasteiger partial charge in [-0.3, -0.25) is 4.79 Å². The van der Waals surface area contributed by atoms with Crippen LogP contribution in [0.2, 0.25) is 0 Å². The van der Waals surface area contributed by atoms with Crippen molar-refractivity contribution in [1.82, 2.24) is 0 Å². The Morgan fingerprint density at radius 1 is 1.37 bits per heavy atom. The van der Waals surface area contributed by atoms with Crippen LogP contribution < -0.4 is 4.74 Å². The van der Waals surface area contributed by atoms with Crippen LogP contribution >= 0.6 is 27.3 Å². The molecule has 1 aromatic carbocycles. The average Bonchev–Trinajstić information content (AvgIpc) is 2.85. The molecule has 2 rings (SSSR count). The van der Waals surface area contributed by atoms with Gasteiger partial charge in [0.05, 0.1) is 11.5 Å². The first kappa shape index (κ1) is 14.0. The van der Waals surface area contributed by atoms with Gasteiger partial charge in [0, 0.05) is 9.85 Å². The SMILES string of the molecule is CCOc1ccc(/C=C/C(=O)c2cc(Br)cs2)cc1. The summed E-state index contributed by atoms with van der Waals surface area (Å²) < 4.78 is 6.30. The number of ether oxygens (including phenoxy) is 1. The molecule has 0 aliphatic rings. The molecule has 1 aromatic heterocycles. The number of hydrogen-bond acceptors (Lipinski definition) is 3. The van der Waals surface area contributed by atoms with E-state index in [4.69, 9.17) is 4.74 Å². The fraction of sp³-hybridized carbons (Fsp3) is 0.133. The monoisotopic (exact) mass is 336 g/mol. The summed E-state index contributed by atoms with van der Waals surface area (Å²) in [5, 5.41) is 1.90. The van der Waals surface area contributed by atoms with Gasteiger partial charge in [0.1, 0.15) is 5.75 Å². The summed E-state index contributed by atoms with van der Waals surface area (Å²) in [6, 6.07) is 9.48. The fourth-order valence-electron chi connectivity index (χ4n) is 1.54.